The summed E-state index contributed by atoms with van der Waals surface area (Å²) in [4.78, 5) is 12.6. The first-order valence-electron chi connectivity index (χ1n) is 9.93. The molecule has 26 heavy (non-hydrogen) atoms. The summed E-state index contributed by atoms with van der Waals surface area (Å²) in [5, 5.41) is 15.5. The van der Waals surface area contributed by atoms with Gasteiger partial charge in [-0.15, -0.1) is 0 Å². The SMILES string of the molecule is O=C(NC(Cl)C12CC3CC(C1)C(CNCCO)C(C3)C2)c1ccccc1. The Kier molecular flexibility index (Phi) is 5.27. The average molecular weight is 377 g/mol. The second-order valence-electron chi connectivity index (χ2n) is 8.63. The van der Waals surface area contributed by atoms with E-state index in [1.54, 1.807) is 0 Å². The number of nitrogens with one attached hydrogen (secondary N) is 2. The molecule has 3 unspecified atom stereocenters. The van der Waals surface area contributed by atoms with Crippen molar-refractivity contribution in [3.63, 3.8) is 0 Å². The Bertz CT molecular complexity index is 622. The molecule has 142 valence electrons. The van der Waals surface area contributed by atoms with Crippen molar-refractivity contribution >= 4 is 17.5 Å². The van der Waals surface area contributed by atoms with Crippen molar-refractivity contribution in [2.45, 2.75) is 37.6 Å². The van der Waals surface area contributed by atoms with Gasteiger partial charge in [-0.2, -0.15) is 0 Å². The normalized spacial score (nSPS) is 36.1. The third-order valence-electron chi connectivity index (χ3n) is 7.02. The van der Waals surface area contributed by atoms with Crippen LogP contribution in [0.4, 0.5) is 0 Å². The van der Waals surface area contributed by atoms with Crippen molar-refractivity contribution in [3.05, 3.63) is 35.9 Å². The molecule has 4 fully saturated rings. The van der Waals surface area contributed by atoms with Gasteiger partial charge in [0, 0.05) is 17.5 Å². The summed E-state index contributed by atoms with van der Waals surface area (Å²) in [5.74, 6) is 2.78. The molecule has 0 heterocycles. The minimum Gasteiger partial charge on any atom is -0.395 e. The Morgan fingerprint density at radius 3 is 2.54 bits per heavy atom. The Labute approximate surface area is 160 Å². The number of aliphatic hydroxyl groups excluding tert-OH is 1. The van der Waals surface area contributed by atoms with Gasteiger partial charge < -0.3 is 15.7 Å². The second kappa shape index (κ2) is 7.49. The van der Waals surface area contributed by atoms with E-state index in [0.717, 1.165) is 31.7 Å². The van der Waals surface area contributed by atoms with Gasteiger partial charge in [0.15, 0.2) is 0 Å². The molecule has 0 spiro atoms. The van der Waals surface area contributed by atoms with Gasteiger partial charge in [0.05, 0.1) is 6.61 Å². The molecule has 1 aromatic rings. The highest BCUT2D eigenvalue weighted by Gasteiger charge is 2.57. The molecule has 4 saturated carbocycles. The predicted octanol–water partition coefficient (Wildman–Crippen LogP) is 3.01. The number of carbonyl (C=O) groups is 1. The highest BCUT2D eigenvalue weighted by molar-refractivity contribution is 6.22. The van der Waals surface area contributed by atoms with Gasteiger partial charge in [-0.3, -0.25) is 4.79 Å². The summed E-state index contributed by atoms with van der Waals surface area (Å²) >= 11 is 6.84. The van der Waals surface area contributed by atoms with Gasteiger partial charge in [0.25, 0.3) is 5.91 Å². The lowest BCUT2D eigenvalue weighted by Crippen LogP contribution is -2.59. The molecule has 3 atom stereocenters. The standard InChI is InChI=1S/C21H29ClN2O2/c22-20(24-19(26)15-4-2-1-3-5-15)21-10-14-8-16(11-21)18(13-23-6-7-25)17(9-14)12-21/h1-5,14,16-18,20,23,25H,6-13H2,(H,24,26). The van der Waals surface area contributed by atoms with Gasteiger partial charge in [-0.25, -0.2) is 0 Å². The summed E-state index contributed by atoms with van der Waals surface area (Å²) in [6, 6.07) is 9.35. The molecule has 1 amide bonds. The molecule has 4 aliphatic rings. The lowest BCUT2D eigenvalue weighted by molar-refractivity contribution is -0.0979. The Morgan fingerprint density at radius 1 is 1.19 bits per heavy atom. The van der Waals surface area contributed by atoms with Crippen molar-refractivity contribution in [1.29, 1.82) is 0 Å². The van der Waals surface area contributed by atoms with E-state index in [1.807, 2.05) is 30.3 Å². The Morgan fingerprint density at radius 2 is 1.88 bits per heavy atom. The fourth-order valence-corrected chi connectivity index (χ4v) is 6.49. The first-order chi connectivity index (χ1) is 12.6. The van der Waals surface area contributed by atoms with E-state index in [4.69, 9.17) is 16.7 Å². The van der Waals surface area contributed by atoms with Crippen LogP contribution in [0.15, 0.2) is 30.3 Å². The third kappa shape index (κ3) is 3.39. The Hall–Kier alpha value is -1.10. The van der Waals surface area contributed by atoms with Crippen LogP contribution < -0.4 is 10.6 Å². The maximum Gasteiger partial charge on any atom is 0.252 e. The maximum absolute atomic E-state index is 12.6. The lowest BCUT2D eigenvalue weighted by atomic mass is 9.46. The monoisotopic (exact) mass is 376 g/mol. The maximum atomic E-state index is 12.6. The van der Waals surface area contributed by atoms with Crippen molar-refractivity contribution < 1.29 is 9.90 Å². The van der Waals surface area contributed by atoms with Crippen LogP contribution >= 0.6 is 11.6 Å². The van der Waals surface area contributed by atoms with Crippen LogP contribution in [0.5, 0.6) is 0 Å². The zero-order valence-electron chi connectivity index (χ0n) is 15.2. The molecule has 4 aliphatic carbocycles. The molecule has 0 aromatic heterocycles. The van der Waals surface area contributed by atoms with E-state index < -0.39 is 0 Å². The number of aliphatic hydroxyl groups is 1. The fourth-order valence-electron chi connectivity index (χ4n) is 6.12. The molecular formula is C21H29ClN2O2. The highest BCUT2D eigenvalue weighted by Crippen LogP contribution is 2.63. The minimum atomic E-state index is -0.297. The predicted molar refractivity (Wildman–Crippen MR) is 103 cm³/mol. The van der Waals surface area contributed by atoms with E-state index in [9.17, 15) is 4.79 Å². The zero-order valence-corrected chi connectivity index (χ0v) is 15.9. The number of amides is 1. The van der Waals surface area contributed by atoms with Gasteiger partial charge in [0.1, 0.15) is 5.50 Å². The third-order valence-corrected chi connectivity index (χ3v) is 7.59. The number of benzene rings is 1. The summed E-state index contributed by atoms with van der Waals surface area (Å²) in [7, 11) is 0. The van der Waals surface area contributed by atoms with Crippen LogP contribution in [0, 0.1) is 29.1 Å². The molecular weight excluding hydrogens is 348 g/mol. The number of carbonyl (C=O) groups excluding carboxylic acids is 1. The van der Waals surface area contributed by atoms with Crippen LogP contribution in [-0.4, -0.2) is 36.2 Å². The van der Waals surface area contributed by atoms with Crippen LogP contribution in [0.2, 0.25) is 0 Å². The summed E-state index contributed by atoms with van der Waals surface area (Å²) in [6.45, 7) is 1.88. The van der Waals surface area contributed by atoms with Crippen LogP contribution in [0.25, 0.3) is 0 Å². The quantitative estimate of drug-likeness (QED) is 0.389. The topological polar surface area (TPSA) is 61.4 Å². The summed E-state index contributed by atoms with van der Waals surface area (Å²) in [5.41, 5.74) is 0.430. The van der Waals surface area contributed by atoms with Crippen molar-refractivity contribution in [1.82, 2.24) is 10.6 Å². The van der Waals surface area contributed by atoms with E-state index >= 15 is 0 Å². The summed E-state index contributed by atoms with van der Waals surface area (Å²) in [6.07, 6.45) is 6.00. The molecule has 5 rings (SSSR count). The first kappa shape index (κ1) is 18.3. The summed E-state index contributed by atoms with van der Waals surface area (Å²) < 4.78 is 0. The molecule has 4 bridgehead atoms. The Balaban J connectivity index is 1.43. The van der Waals surface area contributed by atoms with Crippen molar-refractivity contribution in [2.75, 3.05) is 19.7 Å². The van der Waals surface area contributed by atoms with Gasteiger partial charge >= 0.3 is 0 Å². The fraction of sp³-hybridized carbons (Fsp3) is 0.667. The number of rotatable bonds is 7. The number of alkyl halides is 1. The van der Waals surface area contributed by atoms with Crippen LogP contribution in [0.1, 0.15) is 42.5 Å². The van der Waals surface area contributed by atoms with Gasteiger partial charge in [-0.05, 0) is 74.5 Å². The van der Waals surface area contributed by atoms with Crippen molar-refractivity contribution in [3.8, 4) is 0 Å². The van der Waals surface area contributed by atoms with Gasteiger partial charge in [0.2, 0.25) is 0 Å². The molecule has 0 aliphatic heterocycles. The highest BCUT2D eigenvalue weighted by atomic mass is 35.5. The zero-order chi connectivity index (χ0) is 18.1. The minimum absolute atomic E-state index is 0.0516. The largest absolute Gasteiger partial charge is 0.395 e. The molecule has 4 nitrogen and oxygen atoms in total. The molecule has 0 saturated heterocycles. The van der Waals surface area contributed by atoms with Crippen molar-refractivity contribution in [2.24, 2.45) is 29.1 Å². The van der Waals surface area contributed by atoms with E-state index in [2.05, 4.69) is 10.6 Å². The number of hydrogen-bond acceptors (Lipinski definition) is 3. The smallest absolute Gasteiger partial charge is 0.252 e. The molecule has 3 N–H and O–H groups in total. The molecule has 1 aromatic carbocycles. The van der Waals surface area contributed by atoms with E-state index in [0.29, 0.717) is 29.9 Å². The first-order valence-corrected chi connectivity index (χ1v) is 10.4. The van der Waals surface area contributed by atoms with Crippen LogP contribution in [-0.2, 0) is 0 Å². The second-order valence-corrected chi connectivity index (χ2v) is 9.06. The van der Waals surface area contributed by atoms with E-state index in [-0.39, 0.29) is 23.4 Å². The van der Waals surface area contributed by atoms with Gasteiger partial charge in [-0.1, -0.05) is 29.8 Å². The number of halogens is 1. The number of hydrogen-bond donors (Lipinski definition) is 3. The average Bonchev–Trinajstić information content (AvgIpc) is 2.64. The lowest BCUT2D eigenvalue weighted by Gasteiger charge is -2.61. The van der Waals surface area contributed by atoms with E-state index in [1.165, 1.54) is 12.8 Å². The van der Waals surface area contributed by atoms with Crippen LogP contribution in [0.3, 0.4) is 0 Å². The molecule has 5 heteroatoms. The molecule has 0 radical (unpaired) electrons.